The number of alkyl halides is 2. The summed E-state index contributed by atoms with van der Waals surface area (Å²) in [6.07, 6.45) is 4.33. The summed E-state index contributed by atoms with van der Waals surface area (Å²) >= 11 is 0. The van der Waals surface area contributed by atoms with Gasteiger partial charge in [0.15, 0.2) is 11.5 Å². The third kappa shape index (κ3) is 3.44. The number of anilines is 1. The quantitative estimate of drug-likeness (QED) is 0.802. The first kappa shape index (κ1) is 17.4. The fourth-order valence-corrected chi connectivity index (χ4v) is 4.87. The summed E-state index contributed by atoms with van der Waals surface area (Å²) in [6, 6.07) is 3.94. The Labute approximate surface area is 151 Å². The van der Waals surface area contributed by atoms with Crippen molar-refractivity contribution in [3.63, 3.8) is 0 Å². The normalized spacial score (nSPS) is 31.3. The number of urea groups is 1. The van der Waals surface area contributed by atoms with Gasteiger partial charge in [-0.05, 0) is 49.7 Å². The molecule has 2 amide bonds. The molecule has 2 atom stereocenters. The van der Waals surface area contributed by atoms with Crippen molar-refractivity contribution < 1.29 is 23.0 Å². The van der Waals surface area contributed by atoms with Crippen LogP contribution in [-0.2, 0) is 0 Å². The number of halogens is 2. The van der Waals surface area contributed by atoms with Crippen LogP contribution < -0.4 is 20.1 Å². The van der Waals surface area contributed by atoms with Crippen molar-refractivity contribution in [1.29, 1.82) is 0 Å². The molecular formula is C19H24F2N2O3. The van der Waals surface area contributed by atoms with E-state index in [0.29, 0.717) is 17.5 Å². The highest BCUT2D eigenvalue weighted by molar-refractivity contribution is 5.90. The number of rotatable bonds is 3. The molecule has 2 fully saturated rings. The van der Waals surface area contributed by atoms with E-state index in [1.807, 2.05) is 0 Å². The molecule has 26 heavy (non-hydrogen) atoms. The molecule has 0 spiro atoms. The van der Waals surface area contributed by atoms with Crippen LogP contribution in [0.1, 0.15) is 51.9 Å². The number of carbonyl (C=O) groups excluding carboxylic acids is 1. The summed E-state index contributed by atoms with van der Waals surface area (Å²) in [5.41, 5.74) is 0.214. The zero-order chi connectivity index (χ0) is 18.4. The number of benzene rings is 1. The van der Waals surface area contributed by atoms with E-state index in [-0.39, 0.29) is 23.1 Å². The van der Waals surface area contributed by atoms with Gasteiger partial charge in [0.1, 0.15) is 0 Å². The van der Waals surface area contributed by atoms with Gasteiger partial charge < -0.3 is 20.1 Å². The summed E-state index contributed by atoms with van der Waals surface area (Å²) in [6.45, 7) is 2.12. The predicted molar refractivity (Wildman–Crippen MR) is 92.5 cm³/mol. The molecule has 5 nitrogen and oxygen atoms in total. The average Bonchev–Trinajstić information content (AvgIpc) is 2.87. The number of amides is 2. The number of ether oxygens (including phenoxy) is 2. The second-order valence-corrected chi connectivity index (χ2v) is 7.85. The highest BCUT2D eigenvalue weighted by Crippen LogP contribution is 2.46. The largest absolute Gasteiger partial charge is 0.586 e. The molecule has 0 aromatic heterocycles. The van der Waals surface area contributed by atoms with Gasteiger partial charge in [-0.25, -0.2) is 4.79 Å². The minimum absolute atomic E-state index is 0.0360. The van der Waals surface area contributed by atoms with E-state index in [0.717, 1.165) is 19.3 Å². The van der Waals surface area contributed by atoms with Gasteiger partial charge in [0, 0.05) is 17.3 Å². The van der Waals surface area contributed by atoms with Gasteiger partial charge in [-0.1, -0.05) is 26.2 Å². The van der Waals surface area contributed by atoms with Crippen molar-refractivity contribution in [3.8, 4) is 11.5 Å². The van der Waals surface area contributed by atoms with Crippen LogP contribution in [0.2, 0.25) is 0 Å². The monoisotopic (exact) mass is 366 g/mol. The highest BCUT2D eigenvalue weighted by Gasteiger charge is 2.44. The Morgan fingerprint density at radius 2 is 1.88 bits per heavy atom. The number of carbonyl (C=O) groups is 1. The maximum absolute atomic E-state index is 13.1. The number of fused-ring (bicyclic) bond motifs is 3. The Morgan fingerprint density at radius 1 is 1.19 bits per heavy atom. The topological polar surface area (TPSA) is 59.6 Å². The Morgan fingerprint density at radius 3 is 2.58 bits per heavy atom. The summed E-state index contributed by atoms with van der Waals surface area (Å²) < 4.78 is 35.0. The lowest BCUT2D eigenvalue weighted by Crippen LogP contribution is -2.54. The van der Waals surface area contributed by atoms with Gasteiger partial charge in [0.05, 0.1) is 0 Å². The first-order chi connectivity index (χ1) is 12.4. The lowest BCUT2D eigenvalue weighted by atomic mass is 9.64. The van der Waals surface area contributed by atoms with Crippen LogP contribution >= 0.6 is 0 Å². The van der Waals surface area contributed by atoms with Crippen LogP contribution in [0.5, 0.6) is 11.5 Å². The molecule has 4 rings (SSSR count). The predicted octanol–water partition coefficient (Wildman–Crippen LogP) is 4.88. The molecule has 7 heteroatoms. The first-order valence-corrected chi connectivity index (χ1v) is 9.35. The molecule has 2 unspecified atom stereocenters. The van der Waals surface area contributed by atoms with E-state index in [9.17, 15) is 13.6 Å². The number of hydrogen-bond donors (Lipinski definition) is 2. The minimum Gasteiger partial charge on any atom is -0.395 e. The molecule has 2 aliphatic carbocycles. The van der Waals surface area contributed by atoms with E-state index >= 15 is 0 Å². The van der Waals surface area contributed by atoms with Crippen molar-refractivity contribution >= 4 is 11.7 Å². The third-order valence-electron chi connectivity index (χ3n) is 5.96. The summed E-state index contributed by atoms with van der Waals surface area (Å²) in [5.74, 6) is 1.27. The van der Waals surface area contributed by atoms with E-state index < -0.39 is 6.29 Å². The van der Waals surface area contributed by atoms with Crippen LogP contribution in [0.4, 0.5) is 19.3 Å². The molecule has 1 aromatic rings. The Hall–Kier alpha value is -2.05. The zero-order valence-electron chi connectivity index (χ0n) is 14.8. The van der Waals surface area contributed by atoms with Gasteiger partial charge in [0.25, 0.3) is 0 Å². The van der Waals surface area contributed by atoms with Crippen molar-refractivity contribution in [3.05, 3.63) is 18.2 Å². The van der Waals surface area contributed by atoms with Gasteiger partial charge in [0.2, 0.25) is 0 Å². The van der Waals surface area contributed by atoms with Crippen molar-refractivity contribution in [2.45, 2.75) is 63.7 Å². The molecule has 1 aliphatic heterocycles. The molecular weight excluding hydrogens is 342 g/mol. The maximum atomic E-state index is 13.1. The van der Waals surface area contributed by atoms with E-state index in [1.54, 1.807) is 0 Å². The lowest BCUT2D eigenvalue weighted by molar-refractivity contribution is -0.286. The second kappa shape index (κ2) is 6.28. The van der Waals surface area contributed by atoms with Crippen LogP contribution in [0, 0.1) is 11.8 Å². The Kier molecular flexibility index (Phi) is 4.20. The molecule has 142 valence electrons. The molecule has 1 heterocycles. The van der Waals surface area contributed by atoms with Gasteiger partial charge in [-0.3, -0.25) is 0 Å². The first-order valence-electron chi connectivity index (χ1n) is 9.35. The molecule has 2 N–H and O–H groups in total. The Bertz CT molecular complexity index is 698. The highest BCUT2D eigenvalue weighted by atomic mass is 19.3. The molecule has 3 aliphatic rings. The number of nitrogens with one attached hydrogen (secondary N) is 2. The Balaban J connectivity index is 1.42. The maximum Gasteiger partial charge on any atom is 0.586 e. The minimum atomic E-state index is -3.66. The van der Waals surface area contributed by atoms with Crippen LogP contribution in [-0.4, -0.2) is 17.9 Å². The van der Waals surface area contributed by atoms with Crippen LogP contribution in [0.15, 0.2) is 18.2 Å². The lowest BCUT2D eigenvalue weighted by Gasteiger charge is -2.47. The average molecular weight is 366 g/mol. The molecule has 2 saturated carbocycles. The van der Waals surface area contributed by atoms with Gasteiger partial charge in [-0.15, -0.1) is 8.78 Å². The summed E-state index contributed by atoms with van der Waals surface area (Å²) in [7, 11) is 0. The van der Waals surface area contributed by atoms with Gasteiger partial charge >= 0.3 is 12.3 Å². The number of hydrogen-bond acceptors (Lipinski definition) is 3. The van der Waals surface area contributed by atoms with Crippen molar-refractivity contribution in [2.24, 2.45) is 11.8 Å². The van der Waals surface area contributed by atoms with Crippen LogP contribution in [0.3, 0.4) is 0 Å². The second-order valence-electron chi connectivity index (χ2n) is 7.85. The fraction of sp³-hybridized carbons (Fsp3) is 0.632. The summed E-state index contributed by atoms with van der Waals surface area (Å²) in [4.78, 5) is 12.5. The van der Waals surface area contributed by atoms with Gasteiger partial charge in [-0.2, -0.15) is 0 Å². The fourth-order valence-electron chi connectivity index (χ4n) is 4.87. The van der Waals surface area contributed by atoms with Crippen molar-refractivity contribution in [1.82, 2.24) is 5.32 Å². The molecule has 1 aromatic carbocycles. The van der Waals surface area contributed by atoms with E-state index in [2.05, 4.69) is 27.0 Å². The van der Waals surface area contributed by atoms with E-state index in [1.165, 1.54) is 43.9 Å². The zero-order valence-corrected chi connectivity index (χ0v) is 14.8. The SMILES string of the molecule is CCC1(NC(=O)Nc2ccc3c(c2)OC(F)(F)O3)CC2CCCC(C2)C1. The summed E-state index contributed by atoms with van der Waals surface area (Å²) in [5, 5.41) is 5.91. The molecule has 2 bridgehead atoms. The molecule has 0 saturated heterocycles. The van der Waals surface area contributed by atoms with Crippen LogP contribution in [0.25, 0.3) is 0 Å². The van der Waals surface area contributed by atoms with E-state index in [4.69, 9.17) is 0 Å². The standard InChI is InChI=1S/C19H24F2N2O3/c1-2-18(10-12-4-3-5-13(8-12)11-18)23-17(24)22-14-6-7-15-16(9-14)26-19(20,21)25-15/h6-7,9,12-13H,2-5,8,10-11H2,1H3,(H2,22,23,24). The smallest absolute Gasteiger partial charge is 0.395 e. The molecule has 0 radical (unpaired) electrons. The van der Waals surface area contributed by atoms with Crippen molar-refractivity contribution in [2.75, 3.05) is 5.32 Å². The third-order valence-corrected chi connectivity index (χ3v) is 5.96.